The molecule has 1 fully saturated rings. The maximum Gasteiger partial charge on any atom is 0.252 e. The maximum absolute atomic E-state index is 13.0. The summed E-state index contributed by atoms with van der Waals surface area (Å²) >= 11 is 1.26. The van der Waals surface area contributed by atoms with Crippen LogP contribution < -0.4 is 9.64 Å². The largest absolute Gasteiger partial charge is 0.497 e. The lowest BCUT2D eigenvalue weighted by Gasteiger charge is -2.35. The molecule has 2 aromatic heterocycles. The number of benzene rings is 1. The van der Waals surface area contributed by atoms with E-state index >= 15 is 0 Å². The van der Waals surface area contributed by atoms with Gasteiger partial charge in [0.2, 0.25) is 0 Å². The van der Waals surface area contributed by atoms with Gasteiger partial charge < -0.3 is 9.64 Å². The van der Waals surface area contributed by atoms with Crippen LogP contribution in [0.2, 0.25) is 0 Å². The molecule has 0 aliphatic carbocycles. The van der Waals surface area contributed by atoms with Gasteiger partial charge in [-0.2, -0.15) is 9.40 Å². The normalized spacial score (nSPS) is 15.7. The van der Waals surface area contributed by atoms with Crippen molar-refractivity contribution in [1.29, 1.82) is 0 Å². The van der Waals surface area contributed by atoms with Crippen LogP contribution in [0, 0.1) is 6.92 Å². The quantitative estimate of drug-likeness (QED) is 0.689. The van der Waals surface area contributed by atoms with Crippen LogP contribution in [-0.4, -0.2) is 56.2 Å². The van der Waals surface area contributed by atoms with E-state index in [1.807, 2.05) is 43.3 Å². The Bertz CT molecular complexity index is 1050. The van der Waals surface area contributed by atoms with Crippen molar-refractivity contribution in [1.82, 2.24) is 14.5 Å². The molecule has 4 rings (SSSR count). The second-order valence-corrected chi connectivity index (χ2v) is 9.89. The zero-order valence-electron chi connectivity index (χ0n) is 15.8. The highest BCUT2D eigenvalue weighted by atomic mass is 32.2. The number of methoxy groups -OCH3 is 1. The molecule has 0 radical (unpaired) electrons. The first-order valence-electron chi connectivity index (χ1n) is 8.99. The number of thiophene rings is 1. The molecular formula is C19H22N4O3S2. The third-order valence-electron chi connectivity index (χ3n) is 4.81. The molecular weight excluding hydrogens is 396 g/mol. The second-order valence-electron chi connectivity index (χ2n) is 6.64. The van der Waals surface area contributed by atoms with E-state index in [2.05, 4.69) is 15.1 Å². The van der Waals surface area contributed by atoms with Crippen LogP contribution in [0.25, 0.3) is 10.6 Å². The van der Waals surface area contributed by atoms with Crippen LogP contribution in [0.3, 0.4) is 0 Å². The Labute approximate surface area is 168 Å². The Morgan fingerprint density at radius 3 is 2.39 bits per heavy atom. The number of piperazine rings is 1. The monoisotopic (exact) mass is 418 g/mol. The molecule has 7 nitrogen and oxygen atoms in total. The molecule has 0 spiro atoms. The highest BCUT2D eigenvalue weighted by Crippen LogP contribution is 2.32. The zero-order chi connectivity index (χ0) is 19.7. The first-order valence-corrected chi connectivity index (χ1v) is 11.2. The van der Waals surface area contributed by atoms with Crippen LogP contribution in [-0.2, 0) is 10.0 Å². The Balaban J connectivity index is 1.45. The summed E-state index contributed by atoms with van der Waals surface area (Å²) in [6.07, 6.45) is 0. The molecule has 9 heteroatoms. The van der Waals surface area contributed by atoms with Crippen LogP contribution in [0.4, 0.5) is 5.69 Å². The summed E-state index contributed by atoms with van der Waals surface area (Å²) in [6, 6.07) is 13.2. The molecule has 3 aromatic rings. The number of nitrogens with zero attached hydrogens (tertiary/aromatic N) is 3. The van der Waals surface area contributed by atoms with Crippen molar-refractivity contribution in [2.45, 2.75) is 11.1 Å². The fraction of sp³-hybridized carbons (Fsp3) is 0.316. The number of H-pyrrole nitrogens is 1. The van der Waals surface area contributed by atoms with E-state index in [1.54, 1.807) is 17.5 Å². The van der Waals surface area contributed by atoms with Gasteiger partial charge in [0.15, 0.2) is 0 Å². The van der Waals surface area contributed by atoms with E-state index in [9.17, 15) is 8.42 Å². The van der Waals surface area contributed by atoms with Crippen LogP contribution in [0.1, 0.15) is 5.69 Å². The fourth-order valence-corrected chi connectivity index (χ4v) is 6.09. The molecule has 1 saturated heterocycles. The van der Waals surface area contributed by atoms with E-state index in [0.717, 1.165) is 27.7 Å². The highest BCUT2D eigenvalue weighted by molar-refractivity contribution is 7.91. The summed E-state index contributed by atoms with van der Waals surface area (Å²) < 4.78 is 33.2. The smallest absolute Gasteiger partial charge is 0.252 e. The van der Waals surface area contributed by atoms with Gasteiger partial charge in [-0.3, -0.25) is 5.10 Å². The number of ether oxygens (including phenoxy) is 1. The van der Waals surface area contributed by atoms with E-state index in [0.29, 0.717) is 30.4 Å². The minimum absolute atomic E-state index is 0.362. The maximum atomic E-state index is 13.0. The van der Waals surface area contributed by atoms with Crippen molar-refractivity contribution < 1.29 is 13.2 Å². The standard InChI is InChI=1S/C19H22N4O3S2/c1-14-13-17(21-20-14)18-7-8-19(27-18)28(24,25)23-11-9-22(10-12-23)15-3-5-16(26-2)6-4-15/h3-8,13H,9-12H2,1-2H3,(H,20,21). The van der Waals surface area contributed by atoms with Gasteiger partial charge in [0.25, 0.3) is 10.0 Å². The average molecular weight is 419 g/mol. The van der Waals surface area contributed by atoms with E-state index < -0.39 is 10.0 Å². The number of aryl methyl sites for hydroxylation is 1. The van der Waals surface area contributed by atoms with Gasteiger partial charge in [0.1, 0.15) is 15.7 Å². The molecule has 148 valence electrons. The van der Waals surface area contributed by atoms with E-state index in [-0.39, 0.29) is 0 Å². The van der Waals surface area contributed by atoms with Gasteiger partial charge in [-0.1, -0.05) is 0 Å². The molecule has 1 aliphatic rings. The Morgan fingerprint density at radius 2 is 1.79 bits per heavy atom. The minimum atomic E-state index is -3.49. The average Bonchev–Trinajstić information content (AvgIpc) is 3.38. The van der Waals surface area contributed by atoms with Crippen molar-refractivity contribution >= 4 is 27.0 Å². The third kappa shape index (κ3) is 3.65. The van der Waals surface area contributed by atoms with Gasteiger partial charge in [-0.25, -0.2) is 8.42 Å². The summed E-state index contributed by atoms with van der Waals surface area (Å²) in [5.41, 5.74) is 2.79. The second kappa shape index (κ2) is 7.57. The van der Waals surface area contributed by atoms with Gasteiger partial charge in [-0.05, 0) is 49.4 Å². The summed E-state index contributed by atoms with van der Waals surface area (Å²) in [7, 11) is -1.85. The van der Waals surface area contributed by atoms with Gasteiger partial charge >= 0.3 is 0 Å². The number of hydrogen-bond donors (Lipinski definition) is 1. The fourth-order valence-electron chi connectivity index (χ4n) is 3.25. The Hall–Kier alpha value is -2.36. The van der Waals surface area contributed by atoms with Crippen LogP contribution in [0.15, 0.2) is 46.7 Å². The highest BCUT2D eigenvalue weighted by Gasteiger charge is 2.30. The molecule has 28 heavy (non-hydrogen) atoms. The molecule has 3 heterocycles. The van der Waals surface area contributed by atoms with Crippen molar-refractivity contribution in [3.63, 3.8) is 0 Å². The molecule has 1 aliphatic heterocycles. The topological polar surface area (TPSA) is 78.5 Å². The van der Waals surface area contributed by atoms with E-state index in [4.69, 9.17) is 4.74 Å². The van der Waals surface area contributed by atoms with Crippen molar-refractivity contribution in [3.05, 3.63) is 48.2 Å². The van der Waals surface area contributed by atoms with Crippen molar-refractivity contribution in [3.8, 4) is 16.3 Å². The number of sulfonamides is 1. The Morgan fingerprint density at radius 1 is 1.07 bits per heavy atom. The molecule has 0 saturated carbocycles. The molecule has 0 bridgehead atoms. The number of aromatic amines is 1. The molecule has 1 N–H and O–H groups in total. The lowest BCUT2D eigenvalue weighted by molar-refractivity contribution is 0.385. The van der Waals surface area contributed by atoms with Crippen molar-refractivity contribution in [2.75, 3.05) is 38.2 Å². The first-order chi connectivity index (χ1) is 13.5. The number of rotatable bonds is 5. The lowest BCUT2D eigenvalue weighted by Crippen LogP contribution is -2.48. The summed E-state index contributed by atoms with van der Waals surface area (Å²) in [5, 5.41) is 7.10. The van der Waals surface area contributed by atoms with Crippen LogP contribution >= 0.6 is 11.3 Å². The molecule has 0 unspecified atom stereocenters. The van der Waals surface area contributed by atoms with E-state index in [1.165, 1.54) is 11.3 Å². The van der Waals surface area contributed by atoms with Gasteiger partial charge in [0, 0.05) is 37.6 Å². The summed E-state index contributed by atoms with van der Waals surface area (Å²) in [6.45, 7) is 4.15. The predicted molar refractivity (Wildman–Crippen MR) is 111 cm³/mol. The number of nitrogens with one attached hydrogen (secondary N) is 1. The SMILES string of the molecule is COc1ccc(N2CCN(S(=O)(=O)c3ccc(-c4cc(C)[nH]n4)s3)CC2)cc1. The summed E-state index contributed by atoms with van der Waals surface area (Å²) in [4.78, 5) is 3.04. The number of anilines is 1. The Kier molecular flexibility index (Phi) is 5.13. The minimum Gasteiger partial charge on any atom is -0.497 e. The molecule has 0 amide bonds. The molecule has 1 aromatic carbocycles. The predicted octanol–water partition coefficient (Wildman–Crippen LogP) is 2.97. The molecule has 0 atom stereocenters. The van der Waals surface area contributed by atoms with Gasteiger partial charge in [0.05, 0.1) is 12.0 Å². The van der Waals surface area contributed by atoms with Crippen LogP contribution in [0.5, 0.6) is 5.75 Å². The lowest BCUT2D eigenvalue weighted by atomic mass is 10.2. The number of aromatic nitrogens is 2. The number of hydrogen-bond acceptors (Lipinski definition) is 6. The first kappa shape index (κ1) is 19.0. The zero-order valence-corrected chi connectivity index (χ0v) is 17.4. The summed E-state index contributed by atoms with van der Waals surface area (Å²) in [5.74, 6) is 0.811. The van der Waals surface area contributed by atoms with Gasteiger partial charge in [-0.15, -0.1) is 11.3 Å². The van der Waals surface area contributed by atoms with Crippen molar-refractivity contribution in [2.24, 2.45) is 0 Å². The third-order valence-corrected chi connectivity index (χ3v) is 8.28.